The van der Waals surface area contributed by atoms with Gasteiger partial charge in [-0.25, -0.2) is 33.5 Å². The summed E-state index contributed by atoms with van der Waals surface area (Å²) < 4.78 is 63.9. The number of amides is 2. The van der Waals surface area contributed by atoms with Gasteiger partial charge < -0.3 is 46.0 Å². The number of anilines is 1. The molecule has 0 aliphatic carbocycles. The summed E-state index contributed by atoms with van der Waals surface area (Å²) in [5.74, 6) is -1.00. The molecule has 0 aromatic carbocycles. The first-order valence-corrected chi connectivity index (χ1v) is 26.4. The van der Waals surface area contributed by atoms with E-state index in [1.54, 1.807) is 0 Å². The molecule has 3 heterocycles. The summed E-state index contributed by atoms with van der Waals surface area (Å²) in [7, 11) is -16.1. The standard InChI is InChI=1S/C35H60N7O21P3S/c1-4-5-6-7-8-9-10-11-12-13-14-15-26(44)67-19-18-37-25(43)16-17-38-33(47)30(46)35(2,3)21-56-65(51,52)62-60-63-66(53,54)61-59-55-20-24-29(58-64(48,49)50)28(45)34(57-24)42-23-41-27-31(36)39-22-40-32(27)42/h5-6,22-24,28-30,34,45-46H,4,7-21H2,1-3H3,(H,37,43)(H,38,47)(H,51,52)(H,53,54)(H2,36,39,40)(H2,48,49,50)/b6-5-/t24-,28?,29+,30+,34-/m1/s1. The van der Waals surface area contributed by atoms with Gasteiger partial charge in [-0.1, -0.05) is 95.9 Å². The van der Waals surface area contributed by atoms with E-state index in [1.807, 2.05) is 0 Å². The Bertz CT molecular complexity index is 2050. The van der Waals surface area contributed by atoms with E-state index in [-0.39, 0.29) is 41.6 Å². The number of ether oxygens (including phenoxy) is 1. The number of phosphoric ester groups is 2. The molecule has 0 bridgehead atoms. The van der Waals surface area contributed by atoms with Crippen LogP contribution in [-0.2, 0) is 70.9 Å². The number of carbonyl (C=O) groups excluding carboxylic acids is 3. The Kier molecular flexibility index (Phi) is 25.1. The van der Waals surface area contributed by atoms with Crippen LogP contribution in [0.3, 0.4) is 0 Å². The second-order valence-corrected chi connectivity index (χ2v) is 20.4. The van der Waals surface area contributed by atoms with Gasteiger partial charge in [0.1, 0.15) is 42.9 Å². The van der Waals surface area contributed by atoms with Gasteiger partial charge in [-0.05, 0) is 30.7 Å². The Hall–Kier alpha value is -2.86. The number of nitrogens with two attached hydrogens (primary N) is 1. The highest BCUT2D eigenvalue weighted by atomic mass is 32.2. The summed E-state index contributed by atoms with van der Waals surface area (Å²) in [6.45, 7) is 2.97. The van der Waals surface area contributed by atoms with Gasteiger partial charge >= 0.3 is 23.5 Å². The highest BCUT2D eigenvalue weighted by molar-refractivity contribution is 8.13. The topological polar surface area (TPSA) is 401 Å². The lowest BCUT2D eigenvalue weighted by atomic mass is 9.87. The van der Waals surface area contributed by atoms with Gasteiger partial charge in [0, 0.05) is 37.1 Å². The van der Waals surface area contributed by atoms with Crippen molar-refractivity contribution in [3.63, 3.8) is 0 Å². The molecule has 32 heteroatoms. The number of imidazole rings is 1. The molecule has 0 spiro atoms. The van der Waals surface area contributed by atoms with E-state index in [2.05, 4.69) is 82.7 Å². The highest BCUT2D eigenvalue weighted by Gasteiger charge is 2.49. The number of phosphoric acid groups is 3. The monoisotopic (exact) mass is 1040 g/mol. The lowest BCUT2D eigenvalue weighted by molar-refractivity contribution is -0.494. The van der Waals surface area contributed by atoms with E-state index in [9.17, 15) is 57.9 Å². The number of nitrogens with one attached hydrogen (secondary N) is 2. The summed E-state index contributed by atoms with van der Waals surface area (Å²) in [6.07, 6.45) is 8.35. The van der Waals surface area contributed by atoms with Gasteiger partial charge in [0.25, 0.3) is 0 Å². The first kappa shape index (κ1) is 58.5. The predicted molar refractivity (Wildman–Crippen MR) is 232 cm³/mol. The van der Waals surface area contributed by atoms with Crippen LogP contribution in [0.5, 0.6) is 0 Å². The summed E-state index contributed by atoms with van der Waals surface area (Å²) in [4.78, 5) is 91.6. The number of carbonyl (C=O) groups is 3. The van der Waals surface area contributed by atoms with Gasteiger partial charge in [-0.3, -0.25) is 32.9 Å². The van der Waals surface area contributed by atoms with Gasteiger partial charge in [0.15, 0.2) is 22.8 Å². The fourth-order valence-corrected chi connectivity index (χ4v) is 8.25. The summed E-state index contributed by atoms with van der Waals surface area (Å²) in [5.41, 5.74) is 4.36. The summed E-state index contributed by atoms with van der Waals surface area (Å²) in [6, 6.07) is 0. The summed E-state index contributed by atoms with van der Waals surface area (Å²) in [5, 5.41) is 34.3. The average Bonchev–Trinajstić information content (AvgIpc) is 3.82. The predicted octanol–water partition coefficient (Wildman–Crippen LogP) is 2.87. The highest BCUT2D eigenvalue weighted by Crippen LogP contribution is 2.50. The van der Waals surface area contributed by atoms with Crippen LogP contribution in [0.2, 0.25) is 0 Å². The molecular weight excluding hydrogens is 979 g/mol. The second kappa shape index (κ2) is 28.7. The van der Waals surface area contributed by atoms with Crippen molar-refractivity contribution in [3.8, 4) is 0 Å². The van der Waals surface area contributed by atoms with Crippen LogP contribution in [-0.4, -0.2) is 123 Å². The third kappa shape index (κ3) is 21.8. The molecule has 10 N–H and O–H groups in total. The van der Waals surface area contributed by atoms with E-state index in [1.165, 1.54) is 33.1 Å². The molecule has 67 heavy (non-hydrogen) atoms. The van der Waals surface area contributed by atoms with Crippen LogP contribution in [0, 0.1) is 5.41 Å². The van der Waals surface area contributed by atoms with E-state index in [0.29, 0.717) is 12.2 Å². The number of rotatable bonds is 34. The number of nitrogen functional groups attached to an aromatic ring is 1. The molecule has 3 rings (SSSR count). The molecule has 1 saturated heterocycles. The fourth-order valence-electron chi connectivity index (χ4n) is 6.00. The molecule has 0 saturated carbocycles. The number of nitrogens with zero attached hydrogens (tertiary/aromatic N) is 4. The fraction of sp³-hybridized carbons (Fsp3) is 0.714. The van der Waals surface area contributed by atoms with E-state index in [4.69, 9.17) is 10.5 Å². The zero-order valence-electron chi connectivity index (χ0n) is 36.9. The van der Waals surface area contributed by atoms with E-state index in [0.717, 1.165) is 67.5 Å². The maximum Gasteiger partial charge on any atom is 0.531 e. The molecule has 1 fully saturated rings. The number of allylic oxidation sites excluding steroid dienone is 2. The first-order chi connectivity index (χ1) is 31.6. The van der Waals surface area contributed by atoms with Crippen molar-refractivity contribution in [2.24, 2.45) is 5.41 Å². The van der Waals surface area contributed by atoms with E-state index < -0.39 is 84.6 Å². The molecule has 2 aromatic heterocycles. The Labute approximate surface area is 389 Å². The maximum absolute atomic E-state index is 12.6. The molecule has 1 aliphatic heterocycles. The molecular formula is C35H60N7O21P3S. The van der Waals surface area contributed by atoms with Gasteiger partial charge in [0.05, 0.1) is 12.9 Å². The second-order valence-electron chi connectivity index (χ2n) is 15.4. The Balaban J connectivity index is 1.28. The third-order valence-electron chi connectivity index (χ3n) is 9.46. The molecule has 7 atom stereocenters. The number of aromatic nitrogens is 4. The SMILES string of the molecule is CC/C=C\CCCCCCCCCC(=O)SCCNC(=O)CCNC(=O)[C@H](O)C(C)(C)COP(=O)(O)OOOP(=O)(O)OOOC[C@H]1O[C@@H](n2cnc3c(N)ncnc32)C(O)[C@H]1OP(=O)(O)O. The van der Waals surface area contributed by atoms with Crippen molar-refractivity contribution in [1.29, 1.82) is 0 Å². The van der Waals surface area contributed by atoms with Gasteiger partial charge in [0.2, 0.25) is 11.8 Å². The van der Waals surface area contributed by atoms with Crippen LogP contribution >= 0.6 is 35.2 Å². The smallest absolute Gasteiger partial charge is 0.386 e. The number of unbranched alkanes of at least 4 members (excludes halogenated alkanes) is 7. The number of aliphatic hydroxyl groups excluding tert-OH is 2. The minimum atomic E-state index is -5.51. The molecule has 2 amide bonds. The number of hydrogen-bond donors (Lipinski definition) is 9. The lowest BCUT2D eigenvalue weighted by Crippen LogP contribution is -2.46. The lowest BCUT2D eigenvalue weighted by Gasteiger charge is -2.29. The third-order valence-corrected chi connectivity index (χ3v) is 12.1. The van der Waals surface area contributed by atoms with Crippen molar-refractivity contribution in [1.82, 2.24) is 30.2 Å². The minimum Gasteiger partial charge on any atom is -0.386 e. The maximum atomic E-state index is 12.6. The normalized spacial score (nSPS) is 20.2. The molecule has 1 aliphatic rings. The zero-order chi connectivity index (χ0) is 49.7. The molecule has 28 nitrogen and oxygen atoms in total. The average molecular weight is 1040 g/mol. The number of fused-ring (bicyclic) bond motifs is 1. The number of thioether (sulfide) groups is 1. The van der Waals surface area contributed by atoms with Gasteiger partial charge in [-0.2, -0.15) is 0 Å². The van der Waals surface area contributed by atoms with Gasteiger partial charge in [-0.15, -0.1) is 0 Å². The van der Waals surface area contributed by atoms with Crippen molar-refractivity contribution in [2.45, 2.75) is 122 Å². The molecule has 2 aromatic rings. The minimum absolute atomic E-state index is 0.0257. The molecule has 3 unspecified atom stereocenters. The summed E-state index contributed by atoms with van der Waals surface area (Å²) >= 11 is 1.14. The Morgan fingerprint density at radius 1 is 0.925 bits per heavy atom. The van der Waals surface area contributed by atoms with Crippen molar-refractivity contribution in [3.05, 3.63) is 24.8 Å². The van der Waals surface area contributed by atoms with Crippen molar-refractivity contribution >= 4 is 69.1 Å². The quantitative estimate of drug-likeness (QED) is 0.0160. The van der Waals surface area contributed by atoms with Crippen LogP contribution in [0.25, 0.3) is 11.2 Å². The zero-order valence-corrected chi connectivity index (χ0v) is 40.4. The van der Waals surface area contributed by atoms with Crippen LogP contribution < -0.4 is 16.4 Å². The number of aliphatic hydroxyl groups is 2. The van der Waals surface area contributed by atoms with Crippen LogP contribution in [0.1, 0.15) is 97.6 Å². The van der Waals surface area contributed by atoms with Crippen molar-refractivity contribution < 1.29 is 101 Å². The van der Waals surface area contributed by atoms with E-state index >= 15 is 0 Å². The van der Waals surface area contributed by atoms with Crippen LogP contribution in [0.15, 0.2) is 24.8 Å². The Morgan fingerprint density at radius 2 is 1.60 bits per heavy atom. The Morgan fingerprint density at radius 3 is 2.30 bits per heavy atom. The first-order valence-electron chi connectivity index (χ1n) is 20.9. The van der Waals surface area contributed by atoms with Crippen LogP contribution in [0.4, 0.5) is 5.82 Å². The number of hydrogen-bond acceptors (Lipinski definition) is 22. The largest absolute Gasteiger partial charge is 0.531 e. The molecule has 0 radical (unpaired) electrons. The van der Waals surface area contributed by atoms with Crippen molar-refractivity contribution in [2.75, 3.05) is 37.8 Å². The molecule has 382 valence electrons.